The standard InChI is InChI=1S/C12H17N5O2S/c1-3-20(18)8-7-17-12(14-15-16-17)11-9(13)5-4-6-10(11)19-2/h4-6H,3,7-8,13H2,1-2H3. The SMILES string of the molecule is CCS(=O)CCn1nnnc1-c1c(N)cccc1OC. The molecule has 1 aromatic heterocycles. The third kappa shape index (κ3) is 2.96. The number of benzene rings is 1. The maximum atomic E-state index is 11.5. The van der Waals surface area contributed by atoms with E-state index in [1.165, 1.54) is 0 Å². The van der Waals surface area contributed by atoms with Crippen LogP contribution in [0.5, 0.6) is 5.75 Å². The fourth-order valence-corrected chi connectivity index (χ4v) is 2.49. The van der Waals surface area contributed by atoms with E-state index in [1.807, 2.05) is 6.92 Å². The van der Waals surface area contributed by atoms with E-state index in [1.54, 1.807) is 30.0 Å². The maximum Gasteiger partial charge on any atom is 0.187 e. The van der Waals surface area contributed by atoms with E-state index in [9.17, 15) is 4.21 Å². The number of methoxy groups -OCH3 is 1. The second-order valence-corrected chi connectivity index (χ2v) is 5.95. The summed E-state index contributed by atoms with van der Waals surface area (Å²) in [7, 11) is 0.700. The molecule has 20 heavy (non-hydrogen) atoms. The number of tetrazole rings is 1. The minimum atomic E-state index is -0.868. The number of hydrogen-bond acceptors (Lipinski definition) is 6. The number of aryl methyl sites for hydroxylation is 1. The Kier molecular flexibility index (Phi) is 4.67. The Morgan fingerprint density at radius 1 is 1.45 bits per heavy atom. The van der Waals surface area contributed by atoms with E-state index in [2.05, 4.69) is 15.5 Å². The third-order valence-electron chi connectivity index (χ3n) is 2.89. The van der Waals surface area contributed by atoms with Gasteiger partial charge in [-0.25, -0.2) is 4.68 Å². The second kappa shape index (κ2) is 6.47. The van der Waals surface area contributed by atoms with Gasteiger partial charge in [-0.15, -0.1) is 5.10 Å². The Labute approximate surface area is 119 Å². The zero-order valence-corrected chi connectivity index (χ0v) is 12.3. The predicted octanol–water partition coefficient (Wildman–Crippen LogP) is 0.699. The Morgan fingerprint density at radius 2 is 2.25 bits per heavy atom. The van der Waals surface area contributed by atoms with Gasteiger partial charge in [-0.05, 0) is 22.6 Å². The molecule has 8 heteroatoms. The van der Waals surface area contributed by atoms with Crippen molar-refractivity contribution in [2.24, 2.45) is 0 Å². The molecule has 0 aliphatic carbocycles. The topological polar surface area (TPSA) is 95.9 Å². The number of rotatable bonds is 6. The quantitative estimate of drug-likeness (QED) is 0.788. The highest BCUT2D eigenvalue weighted by atomic mass is 32.2. The summed E-state index contributed by atoms with van der Waals surface area (Å²) < 4.78 is 18.4. The minimum Gasteiger partial charge on any atom is -0.496 e. The highest BCUT2D eigenvalue weighted by Crippen LogP contribution is 2.33. The smallest absolute Gasteiger partial charge is 0.187 e. The molecule has 0 spiro atoms. The van der Waals surface area contributed by atoms with Crippen molar-refractivity contribution in [3.63, 3.8) is 0 Å². The number of hydrogen-bond donors (Lipinski definition) is 1. The molecule has 0 fully saturated rings. The average molecular weight is 295 g/mol. The first-order valence-corrected chi connectivity index (χ1v) is 7.70. The van der Waals surface area contributed by atoms with Crippen LogP contribution in [-0.2, 0) is 17.3 Å². The molecule has 2 aromatic rings. The molecular weight excluding hydrogens is 278 g/mol. The Bertz CT molecular complexity index is 614. The van der Waals surface area contributed by atoms with Crippen molar-refractivity contribution in [2.45, 2.75) is 13.5 Å². The molecule has 0 aliphatic rings. The van der Waals surface area contributed by atoms with Gasteiger partial charge in [-0.3, -0.25) is 4.21 Å². The largest absolute Gasteiger partial charge is 0.496 e. The van der Waals surface area contributed by atoms with Crippen molar-refractivity contribution < 1.29 is 8.95 Å². The zero-order chi connectivity index (χ0) is 14.5. The third-order valence-corrected chi connectivity index (χ3v) is 4.17. The van der Waals surface area contributed by atoms with Crippen LogP contribution < -0.4 is 10.5 Å². The van der Waals surface area contributed by atoms with Crippen LogP contribution in [0.2, 0.25) is 0 Å². The van der Waals surface area contributed by atoms with Crippen LogP contribution in [0, 0.1) is 0 Å². The first-order chi connectivity index (χ1) is 9.67. The molecular formula is C12H17N5O2S. The lowest BCUT2D eigenvalue weighted by atomic mass is 10.1. The molecule has 1 atom stereocenters. The molecule has 1 unspecified atom stereocenters. The number of anilines is 1. The fraction of sp³-hybridized carbons (Fsp3) is 0.417. The summed E-state index contributed by atoms with van der Waals surface area (Å²) in [4.78, 5) is 0. The van der Waals surface area contributed by atoms with Crippen molar-refractivity contribution in [3.05, 3.63) is 18.2 Å². The van der Waals surface area contributed by atoms with Crippen molar-refractivity contribution in [3.8, 4) is 17.1 Å². The van der Waals surface area contributed by atoms with Crippen molar-refractivity contribution in [1.82, 2.24) is 20.2 Å². The van der Waals surface area contributed by atoms with E-state index in [4.69, 9.17) is 10.5 Å². The van der Waals surface area contributed by atoms with Gasteiger partial charge in [0.05, 0.1) is 19.2 Å². The summed E-state index contributed by atoms with van der Waals surface area (Å²) in [5.74, 6) is 2.25. The van der Waals surface area contributed by atoms with Crippen LogP contribution in [0.15, 0.2) is 18.2 Å². The monoisotopic (exact) mass is 295 g/mol. The maximum absolute atomic E-state index is 11.5. The number of nitrogen functional groups attached to an aromatic ring is 1. The molecule has 0 aliphatic heterocycles. The van der Waals surface area contributed by atoms with Crippen molar-refractivity contribution in [1.29, 1.82) is 0 Å². The zero-order valence-electron chi connectivity index (χ0n) is 11.4. The Hall–Kier alpha value is -1.96. The Balaban J connectivity index is 2.35. The first-order valence-electron chi connectivity index (χ1n) is 6.21. The number of nitrogens with two attached hydrogens (primary N) is 1. The summed E-state index contributed by atoms with van der Waals surface area (Å²) in [6.45, 7) is 2.36. The number of ether oxygens (including phenoxy) is 1. The van der Waals surface area contributed by atoms with E-state index in [0.29, 0.717) is 40.9 Å². The molecule has 108 valence electrons. The summed E-state index contributed by atoms with van der Waals surface area (Å²) in [6, 6.07) is 5.37. The molecule has 0 saturated carbocycles. The molecule has 0 bridgehead atoms. The predicted molar refractivity (Wildman–Crippen MR) is 77.8 cm³/mol. The van der Waals surface area contributed by atoms with E-state index in [-0.39, 0.29) is 0 Å². The number of nitrogens with zero attached hydrogens (tertiary/aromatic N) is 4. The van der Waals surface area contributed by atoms with Crippen LogP contribution in [0.4, 0.5) is 5.69 Å². The van der Waals surface area contributed by atoms with Crippen LogP contribution in [-0.4, -0.2) is 43.0 Å². The molecule has 7 nitrogen and oxygen atoms in total. The van der Waals surface area contributed by atoms with Gasteiger partial charge in [-0.2, -0.15) is 0 Å². The van der Waals surface area contributed by atoms with E-state index < -0.39 is 10.8 Å². The highest BCUT2D eigenvalue weighted by Gasteiger charge is 2.17. The molecule has 0 radical (unpaired) electrons. The van der Waals surface area contributed by atoms with Crippen LogP contribution in [0.3, 0.4) is 0 Å². The number of aromatic nitrogens is 4. The second-order valence-electron chi connectivity index (χ2n) is 4.08. The lowest BCUT2D eigenvalue weighted by molar-refractivity contribution is 0.416. The minimum absolute atomic E-state index is 0.472. The molecule has 0 amide bonds. The normalized spacial score (nSPS) is 12.3. The van der Waals surface area contributed by atoms with Gasteiger partial charge in [0.1, 0.15) is 5.75 Å². The molecule has 2 rings (SSSR count). The summed E-state index contributed by atoms with van der Waals surface area (Å²) in [6.07, 6.45) is 0. The fourth-order valence-electron chi connectivity index (χ4n) is 1.82. The van der Waals surface area contributed by atoms with Gasteiger partial charge in [0.2, 0.25) is 0 Å². The van der Waals surface area contributed by atoms with Gasteiger partial charge in [0.25, 0.3) is 0 Å². The van der Waals surface area contributed by atoms with E-state index in [0.717, 1.165) is 0 Å². The summed E-state index contributed by atoms with van der Waals surface area (Å²) in [5, 5.41) is 11.6. The molecule has 2 N–H and O–H groups in total. The first kappa shape index (κ1) is 14.4. The van der Waals surface area contributed by atoms with E-state index >= 15 is 0 Å². The average Bonchev–Trinajstić information content (AvgIpc) is 2.92. The van der Waals surface area contributed by atoms with Gasteiger partial charge in [0, 0.05) is 28.0 Å². The van der Waals surface area contributed by atoms with Gasteiger partial charge >= 0.3 is 0 Å². The molecule has 1 aromatic carbocycles. The summed E-state index contributed by atoms with van der Waals surface area (Å²) >= 11 is 0. The van der Waals surface area contributed by atoms with Crippen LogP contribution in [0.1, 0.15) is 6.92 Å². The highest BCUT2D eigenvalue weighted by molar-refractivity contribution is 7.84. The summed E-state index contributed by atoms with van der Waals surface area (Å²) in [5.41, 5.74) is 7.18. The molecule has 0 saturated heterocycles. The lowest BCUT2D eigenvalue weighted by Gasteiger charge is -2.10. The van der Waals surface area contributed by atoms with Gasteiger partial charge < -0.3 is 10.5 Å². The van der Waals surface area contributed by atoms with Gasteiger partial charge in [0.15, 0.2) is 5.82 Å². The van der Waals surface area contributed by atoms with Crippen molar-refractivity contribution in [2.75, 3.05) is 24.3 Å². The molecule has 1 heterocycles. The van der Waals surface area contributed by atoms with Crippen LogP contribution in [0.25, 0.3) is 11.4 Å². The Morgan fingerprint density at radius 3 is 2.95 bits per heavy atom. The van der Waals surface area contributed by atoms with Crippen LogP contribution >= 0.6 is 0 Å². The van der Waals surface area contributed by atoms with Crippen molar-refractivity contribution >= 4 is 16.5 Å². The van der Waals surface area contributed by atoms with Gasteiger partial charge in [-0.1, -0.05) is 13.0 Å². The lowest BCUT2D eigenvalue weighted by Crippen LogP contribution is -2.12.